The minimum atomic E-state index is -0.290. The van der Waals surface area contributed by atoms with Crippen molar-refractivity contribution in [1.82, 2.24) is 14.9 Å². The molecule has 5 nitrogen and oxygen atoms in total. The molecule has 2 aromatic heterocycles. The molecule has 0 spiro atoms. The van der Waals surface area contributed by atoms with Gasteiger partial charge in [-0.15, -0.1) is 11.3 Å². The smallest absolute Gasteiger partial charge is 0.263 e. The third-order valence-electron chi connectivity index (χ3n) is 4.63. The van der Waals surface area contributed by atoms with E-state index in [1.807, 2.05) is 49.6 Å². The Labute approximate surface area is 165 Å². The zero-order valence-electron chi connectivity index (χ0n) is 15.3. The summed E-state index contributed by atoms with van der Waals surface area (Å²) in [6.45, 7) is 4.32. The average Bonchev–Trinajstić information content (AvgIpc) is 3.38. The monoisotopic (exact) mass is 399 g/mol. The second kappa shape index (κ2) is 7.48. The highest BCUT2D eigenvalue weighted by Crippen LogP contribution is 2.33. The summed E-state index contributed by atoms with van der Waals surface area (Å²) in [5.74, 6) is 0.00986. The molecule has 1 aliphatic carbocycles. The standard InChI is InChI=1S/C20H21N3O2S2/c1-3-23-19(25)16-15(13-7-5-4-6-8-13)11-26-18(16)22-20(23)27-12(2)17(24)21-14-9-10-14/h4-8,11-12,14H,3,9-10H2,1-2H3,(H,21,24)/t12-/m1/s1. The van der Waals surface area contributed by atoms with E-state index in [1.165, 1.54) is 23.1 Å². The molecule has 1 saturated carbocycles. The number of carbonyl (C=O) groups is 1. The molecule has 0 unspecified atom stereocenters. The van der Waals surface area contributed by atoms with Crippen LogP contribution in [0.2, 0.25) is 0 Å². The van der Waals surface area contributed by atoms with Crippen LogP contribution in [0.1, 0.15) is 26.7 Å². The second-order valence-electron chi connectivity index (χ2n) is 6.68. The zero-order chi connectivity index (χ0) is 19.0. The molecule has 1 atom stereocenters. The lowest BCUT2D eigenvalue weighted by molar-refractivity contribution is -0.120. The highest BCUT2D eigenvalue weighted by atomic mass is 32.2. The molecular formula is C20H21N3O2S2. The van der Waals surface area contributed by atoms with E-state index in [0.29, 0.717) is 23.1 Å². The lowest BCUT2D eigenvalue weighted by Gasteiger charge is -2.14. The maximum absolute atomic E-state index is 13.2. The Morgan fingerprint density at radius 2 is 2.11 bits per heavy atom. The third-order valence-corrected chi connectivity index (χ3v) is 6.60. The number of thioether (sulfide) groups is 1. The molecule has 140 valence electrons. The number of thiophene rings is 1. The van der Waals surface area contributed by atoms with Crippen LogP contribution in [0.15, 0.2) is 45.7 Å². The fourth-order valence-corrected chi connectivity index (χ4v) is 4.93. The lowest BCUT2D eigenvalue weighted by Crippen LogP contribution is -2.33. The minimum absolute atomic E-state index is 0.00986. The van der Waals surface area contributed by atoms with Gasteiger partial charge in [0.25, 0.3) is 5.56 Å². The van der Waals surface area contributed by atoms with Gasteiger partial charge >= 0.3 is 0 Å². The Kier molecular flexibility index (Phi) is 5.06. The van der Waals surface area contributed by atoms with Gasteiger partial charge in [0.1, 0.15) is 4.83 Å². The van der Waals surface area contributed by atoms with Crippen LogP contribution in [0.25, 0.3) is 21.3 Å². The second-order valence-corrected chi connectivity index (χ2v) is 8.85. The number of nitrogens with one attached hydrogen (secondary N) is 1. The number of benzene rings is 1. The maximum Gasteiger partial charge on any atom is 0.263 e. The van der Waals surface area contributed by atoms with Crippen LogP contribution in [0.5, 0.6) is 0 Å². The first-order valence-corrected chi connectivity index (χ1v) is 10.9. The van der Waals surface area contributed by atoms with Crippen molar-refractivity contribution in [1.29, 1.82) is 0 Å². The van der Waals surface area contributed by atoms with Crippen molar-refractivity contribution >= 4 is 39.2 Å². The number of hydrogen-bond acceptors (Lipinski definition) is 5. The van der Waals surface area contributed by atoms with Crippen molar-refractivity contribution in [3.8, 4) is 11.1 Å². The van der Waals surface area contributed by atoms with E-state index >= 15 is 0 Å². The molecule has 4 rings (SSSR count). The first kappa shape index (κ1) is 18.3. The summed E-state index contributed by atoms with van der Waals surface area (Å²) in [4.78, 5) is 30.9. The van der Waals surface area contributed by atoms with Gasteiger partial charge in [0.15, 0.2) is 5.16 Å². The van der Waals surface area contributed by atoms with E-state index in [2.05, 4.69) is 5.32 Å². The lowest BCUT2D eigenvalue weighted by atomic mass is 10.1. The van der Waals surface area contributed by atoms with Gasteiger partial charge in [0, 0.05) is 23.5 Å². The third kappa shape index (κ3) is 3.66. The molecule has 0 radical (unpaired) electrons. The highest BCUT2D eigenvalue weighted by molar-refractivity contribution is 8.00. The van der Waals surface area contributed by atoms with Crippen molar-refractivity contribution < 1.29 is 4.79 Å². The summed E-state index contributed by atoms with van der Waals surface area (Å²) in [6.07, 6.45) is 2.12. The van der Waals surface area contributed by atoms with Crippen LogP contribution in [-0.4, -0.2) is 26.8 Å². The average molecular weight is 400 g/mol. The van der Waals surface area contributed by atoms with Gasteiger partial charge in [0.2, 0.25) is 5.91 Å². The molecule has 27 heavy (non-hydrogen) atoms. The first-order chi connectivity index (χ1) is 13.1. The minimum Gasteiger partial charge on any atom is -0.352 e. The molecule has 1 fully saturated rings. The van der Waals surface area contributed by atoms with E-state index in [9.17, 15) is 9.59 Å². The molecule has 1 aliphatic rings. The number of fused-ring (bicyclic) bond motifs is 1. The fourth-order valence-electron chi connectivity index (χ4n) is 2.96. The van der Waals surface area contributed by atoms with Crippen molar-refractivity contribution in [3.05, 3.63) is 46.1 Å². The van der Waals surface area contributed by atoms with Crippen molar-refractivity contribution in [3.63, 3.8) is 0 Å². The number of hydrogen-bond donors (Lipinski definition) is 1. The van der Waals surface area contributed by atoms with E-state index in [-0.39, 0.29) is 16.7 Å². The topological polar surface area (TPSA) is 64.0 Å². The molecule has 3 aromatic rings. The van der Waals surface area contributed by atoms with Crippen LogP contribution in [0.4, 0.5) is 0 Å². The Hall–Kier alpha value is -2.12. The van der Waals surface area contributed by atoms with Crippen molar-refractivity contribution in [2.45, 2.75) is 49.7 Å². The van der Waals surface area contributed by atoms with Gasteiger partial charge in [-0.3, -0.25) is 14.2 Å². The first-order valence-electron chi connectivity index (χ1n) is 9.13. The number of carbonyl (C=O) groups excluding carboxylic acids is 1. The summed E-state index contributed by atoms with van der Waals surface area (Å²) in [5, 5.41) is 5.98. The normalized spacial score (nSPS) is 15.0. The van der Waals surface area contributed by atoms with Crippen LogP contribution in [0.3, 0.4) is 0 Å². The van der Waals surface area contributed by atoms with Gasteiger partial charge in [0.05, 0.1) is 10.6 Å². The van der Waals surface area contributed by atoms with E-state index in [4.69, 9.17) is 4.98 Å². The van der Waals surface area contributed by atoms with Crippen molar-refractivity contribution in [2.75, 3.05) is 0 Å². The predicted molar refractivity (Wildman–Crippen MR) is 111 cm³/mol. The SMILES string of the molecule is CCn1c(S[C@H](C)C(=O)NC2CC2)nc2scc(-c3ccccc3)c2c1=O. The summed E-state index contributed by atoms with van der Waals surface area (Å²) >= 11 is 2.83. The van der Waals surface area contributed by atoms with Crippen molar-refractivity contribution in [2.24, 2.45) is 0 Å². The van der Waals surface area contributed by atoms with E-state index in [0.717, 1.165) is 28.8 Å². The van der Waals surface area contributed by atoms with Crippen LogP contribution in [0, 0.1) is 0 Å². The Bertz CT molecular complexity index is 1040. The van der Waals surface area contributed by atoms with Gasteiger partial charge in [-0.05, 0) is 32.3 Å². The predicted octanol–water partition coefficient (Wildman–Crippen LogP) is 3.90. The molecule has 2 heterocycles. The van der Waals surface area contributed by atoms with Gasteiger partial charge in [-0.1, -0.05) is 42.1 Å². The molecule has 0 saturated heterocycles. The summed E-state index contributed by atoms with van der Waals surface area (Å²) < 4.78 is 1.67. The highest BCUT2D eigenvalue weighted by Gasteiger charge is 2.27. The van der Waals surface area contributed by atoms with Crippen LogP contribution in [-0.2, 0) is 11.3 Å². The Morgan fingerprint density at radius 1 is 1.37 bits per heavy atom. The van der Waals surface area contributed by atoms with Gasteiger partial charge < -0.3 is 5.32 Å². The largest absolute Gasteiger partial charge is 0.352 e. The number of nitrogens with zero attached hydrogens (tertiary/aromatic N) is 2. The number of amides is 1. The van der Waals surface area contributed by atoms with Gasteiger partial charge in [-0.2, -0.15) is 0 Å². The molecule has 0 aliphatic heterocycles. The molecule has 7 heteroatoms. The quantitative estimate of drug-likeness (QED) is 0.504. The zero-order valence-corrected chi connectivity index (χ0v) is 16.9. The Balaban J connectivity index is 1.72. The molecule has 1 aromatic carbocycles. The van der Waals surface area contributed by atoms with Crippen LogP contribution < -0.4 is 10.9 Å². The Morgan fingerprint density at radius 3 is 2.78 bits per heavy atom. The summed E-state index contributed by atoms with van der Waals surface area (Å²) in [5.41, 5.74) is 1.90. The fraction of sp³-hybridized carbons (Fsp3) is 0.350. The maximum atomic E-state index is 13.2. The number of rotatable bonds is 6. The molecule has 1 N–H and O–H groups in total. The molecular weight excluding hydrogens is 378 g/mol. The van der Waals surface area contributed by atoms with E-state index in [1.54, 1.807) is 4.57 Å². The molecule has 1 amide bonds. The van der Waals surface area contributed by atoms with Crippen LogP contribution >= 0.6 is 23.1 Å². The summed E-state index contributed by atoms with van der Waals surface area (Å²) in [6, 6.07) is 10.2. The van der Waals surface area contributed by atoms with E-state index < -0.39 is 0 Å². The molecule has 0 bridgehead atoms. The number of aromatic nitrogens is 2. The van der Waals surface area contributed by atoms with Gasteiger partial charge in [-0.25, -0.2) is 4.98 Å². The summed E-state index contributed by atoms with van der Waals surface area (Å²) in [7, 11) is 0.